The van der Waals surface area contributed by atoms with Gasteiger partial charge in [0.1, 0.15) is 134 Å². The molecule has 6 saturated heterocycles. The van der Waals surface area contributed by atoms with Crippen LogP contribution in [0.15, 0.2) is 12.2 Å². The normalized spacial score (nSPS) is 36.6. The molecule has 38 heteroatoms. The molecule has 6 rings (SSSR count). The van der Waals surface area contributed by atoms with E-state index in [9.17, 15) is 116 Å². The molecule has 0 spiro atoms. The number of amides is 3. The largest absolute Gasteiger partial charge is 0.477 e. The Morgan fingerprint density at radius 2 is 0.889 bits per heavy atom. The Kier molecular flexibility index (Phi) is 46.2. The van der Waals surface area contributed by atoms with Gasteiger partial charge in [0.05, 0.1) is 70.0 Å². The van der Waals surface area contributed by atoms with E-state index in [1.54, 1.807) is 6.08 Å². The molecule has 6 aliphatic rings. The van der Waals surface area contributed by atoms with Crippen LogP contribution in [0.4, 0.5) is 0 Å². The van der Waals surface area contributed by atoms with Crippen molar-refractivity contribution in [3.63, 3.8) is 0 Å². The predicted octanol–water partition coefficient (Wildman–Crippen LogP) is -2.19. The number of carboxylic acid groups (broad SMARTS) is 1. The average Bonchev–Trinajstić information content (AvgIpc) is 0.746. The first kappa shape index (κ1) is 102. The number of carbonyl (C=O) groups is 4. The van der Waals surface area contributed by atoms with Gasteiger partial charge in [-0.3, -0.25) is 14.4 Å². The van der Waals surface area contributed by atoms with Crippen molar-refractivity contribution >= 4 is 23.7 Å². The summed E-state index contributed by atoms with van der Waals surface area (Å²) >= 11 is 0. The monoisotopic (exact) mass is 1690 g/mol. The zero-order valence-electron chi connectivity index (χ0n) is 68.4. The summed E-state index contributed by atoms with van der Waals surface area (Å²) in [6.07, 6.45) is -26.3. The summed E-state index contributed by atoms with van der Waals surface area (Å²) in [7, 11) is 0. The van der Waals surface area contributed by atoms with E-state index in [1.807, 2.05) is 6.08 Å². The third-order valence-electron chi connectivity index (χ3n) is 22.7. The van der Waals surface area contributed by atoms with Crippen molar-refractivity contribution in [2.75, 3.05) is 39.6 Å². The number of unbranched alkanes of at least 4 members (excludes halogenated alkanes) is 25. The lowest BCUT2D eigenvalue weighted by Crippen LogP contribution is -2.72. The quantitative estimate of drug-likeness (QED) is 0.0227. The molecule has 117 heavy (non-hydrogen) atoms. The van der Waals surface area contributed by atoms with E-state index in [1.165, 1.54) is 116 Å². The number of allylic oxidation sites excluding steroid dienone is 1. The van der Waals surface area contributed by atoms with Gasteiger partial charge in [0.2, 0.25) is 17.7 Å². The van der Waals surface area contributed by atoms with Crippen molar-refractivity contribution in [1.82, 2.24) is 16.0 Å². The first-order valence-electron chi connectivity index (χ1n) is 42.5. The number of aliphatic hydroxyl groups is 18. The molecular formula is C79H141N3O35. The lowest BCUT2D eigenvalue weighted by Gasteiger charge is -2.52. The molecule has 6 fully saturated rings. The number of carboxylic acids is 1. The summed E-state index contributed by atoms with van der Waals surface area (Å²) < 4.78 is 72.2. The van der Waals surface area contributed by atoms with Crippen molar-refractivity contribution in [1.29, 1.82) is 0 Å². The number of rotatable bonds is 54. The van der Waals surface area contributed by atoms with Gasteiger partial charge >= 0.3 is 5.97 Å². The maximum atomic E-state index is 13.6. The maximum absolute atomic E-state index is 13.6. The Bertz CT molecular complexity index is 2810. The summed E-state index contributed by atoms with van der Waals surface area (Å²) in [5.41, 5.74) is 0. The SMILES string of the molecule is CCCCCCCCCCCCCCC/C=C/[C@H](O)[C@H](CO[C@@H]1O[C@H](CO)[C@@H](O[C@@H]2O[C@H](CO)[C@H](O)[C@H](O[C@@H]3O[C@H](CO)[C@@H](O[C@@H]4O[C@H](CO)[C@H](O)[C@H](O[C@]5(C(=O)O)C[C@H](O)[C@@H](NC(C)=O)[C@H]([C@H](O)[C@H](O)CO)O5)[C@H]4O)[C@H](O[C@@H]4O[C@@H](C)[C@@H](O)[C@@H](O)[C@@H]4O)[C@H]3NC(C)=O)[C@H]2O)[C@H](O)[C@H]1O)NC(=O)CCCCCCCCCCCCCCC. The Morgan fingerprint density at radius 1 is 0.462 bits per heavy atom. The number of hydrogen-bond acceptors (Lipinski definition) is 34. The lowest BCUT2D eigenvalue weighted by atomic mass is 9.88. The standard InChI is InChI=1S/C79H141N3O35/c1-6-8-10-12-14-16-18-20-21-23-24-26-28-30-32-34-47(90)46(82-54(93)35-33-31-29-27-25-22-19-17-15-13-11-9-7-2)42-106-74-64(101)62(99)67(52(40-86)111-74)112-76-65(102)71(59(96)50(38-84)108-76)115-73-56(81-45(5)89)70(114-75-63(100)61(98)57(94)43(3)107-75)68(53(41-87)110-73)113-77-66(103)72(60(97)51(39-85)109-77)117-79(78(104)105)36-48(91)55(80-44(4)88)69(116-79)58(95)49(92)37-83/h32,34,43,46-53,55-77,83-87,90-92,94-103H,6-31,33,35-42H2,1-5H3,(H,80,88)(H,81,89)(H,82,93)(H,104,105)/b34-32+/t43-,46-,47-,48-,49+,50+,51+,52+,53+,55+,56+,57+,58+,59-,60-,61+,62+,63-,64+,65+,66+,67+,68+,69+,70+,71-,72-,73-,74+,75-,76-,77-,79-/m0/s1. The second-order valence-electron chi connectivity index (χ2n) is 32.1. The zero-order chi connectivity index (χ0) is 86.1. The Labute approximate surface area is 684 Å². The van der Waals surface area contributed by atoms with E-state index in [2.05, 4.69) is 29.8 Å². The summed E-state index contributed by atoms with van der Waals surface area (Å²) in [6.45, 7) is 1.50. The van der Waals surface area contributed by atoms with E-state index < -0.39 is 266 Å². The van der Waals surface area contributed by atoms with Gasteiger partial charge in [-0.25, -0.2) is 4.79 Å². The molecule has 38 nitrogen and oxygen atoms in total. The van der Waals surface area contributed by atoms with Crippen molar-refractivity contribution in [2.24, 2.45) is 0 Å². The van der Waals surface area contributed by atoms with Crippen LogP contribution < -0.4 is 16.0 Å². The van der Waals surface area contributed by atoms with Gasteiger partial charge in [-0.15, -0.1) is 0 Å². The highest BCUT2D eigenvalue weighted by Crippen LogP contribution is 2.41. The van der Waals surface area contributed by atoms with Crippen LogP contribution in [0.25, 0.3) is 0 Å². The molecule has 6 heterocycles. The van der Waals surface area contributed by atoms with Gasteiger partial charge in [0.15, 0.2) is 31.5 Å². The smallest absolute Gasteiger partial charge is 0.364 e. The second kappa shape index (κ2) is 52.9. The van der Waals surface area contributed by atoms with Gasteiger partial charge in [-0.2, -0.15) is 0 Å². The van der Waals surface area contributed by atoms with Gasteiger partial charge in [-0.05, 0) is 26.2 Å². The summed E-state index contributed by atoms with van der Waals surface area (Å²) in [5.74, 6) is -7.57. The van der Waals surface area contributed by atoms with Gasteiger partial charge in [0, 0.05) is 26.7 Å². The van der Waals surface area contributed by atoms with Crippen LogP contribution >= 0.6 is 0 Å². The molecule has 0 aromatic heterocycles. The number of hydrogen-bond donors (Lipinski definition) is 22. The molecular weight excluding hydrogens is 1550 g/mol. The van der Waals surface area contributed by atoms with Crippen molar-refractivity contribution < 1.29 is 173 Å². The third kappa shape index (κ3) is 30.4. The van der Waals surface area contributed by atoms with Crippen LogP contribution in [0.3, 0.4) is 0 Å². The minimum atomic E-state index is -3.27. The Morgan fingerprint density at radius 3 is 1.39 bits per heavy atom. The zero-order valence-corrected chi connectivity index (χ0v) is 68.4. The highest BCUT2D eigenvalue weighted by atomic mass is 16.8. The fourth-order valence-electron chi connectivity index (χ4n) is 15.7. The lowest BCUT2D eigenvalue weighted by molar-refractivity contribution is -0.399. The molecule has 0 bridgehead atoms. The fourth-order valence-corrected chi connectivity index (χ4v) is 15.7. The molecule has 682 valence electrons. The molecule has 33 atom stereocenters. The average molecular weight is 1690 g/mol. The Balaban J connectivity index is 1.20. The number of aliphatic hydroxyl groups excluding tert-OH is 18. The van der Waals surface area contributed by atoms with Crippen molar-refractivity contribution in [3.8, 4) is 0 Å². The molecule has 0 aromatic rings. The molecule has 22 N–H and O–H groups in total. The minimum absolute atomic E-state index is 0.151. The summed E-state index contributed by atoms with van der Waals surface area (Å²) in [5, 5.41) is 221. The minimum Gasteiger partial charge on any atom is -0.477 e. The molecule has 6 aliphatic heterocycles. The number of aliphatic carboxylic acids is 1. The Hall–Kier alpha value is -3.58. The van der Waals surface area contributed by atoms with Crippen LogP contribution in [-0.2, 0) is 76.0 Å². The molecule has 0 saturated carbocycles. The highest BCUT2D eigenvalue weighted by molar-refractivity contribution is 5.77. The second-order valence-corrected chi connectivity index (χ2v) is 32.1. The highest BCUT2D eigenvalue weighted by Gasteiger charge is 2.62. The van der Waals surface area contributed by atoms with Crippen LogP contribution in [0.1, 0.15) is 221 Å². The maximum Gasteiger partial charge on any atom is 0.364 e. The van der Waals surface area contributed by atoms with Crippen LogP contribution in [0.2, 0.25) is 0 Å². The molecule has 0 unspecified atom stereocenters. The van der Waals surface area contributed by atoms with Crippen LogP contribution in [-0.4, -0.2) is 362 Å². The molecule has 0 aromatic carbocycles. The summed E-state index contributed by atoms with van der Waals surface area (Å²) in [4.78, 5) is 52.7. The number of carbonyl (C=O) groups excluding carboxylic acids is 3. The first-order valence-corrected chi connectivity index (χ1v) is 42.5. The predicted molar refractivity (Wildman–Crippen MR) is 410 cm³/mol. The van der Waals surface area contributed by atoms with E-state index in [-0.39, 0.29) is 12.3 Å². The topological polar surface area (TPSA) is 600 Å². The van der Waals surface area contributed by atoms with Crippen molar-refractivity contribution in [2.45, 2.75) is 423 Å². The fraction of sp³-hybridized carbons (Fsp3) is 0.924. The van der Waals surface area contributed by atoms with Crippen LogP contribution in [0, 0.1) is 0 Å². The van der Waals surface area contributed by atoms with Gasteiger partial charge < -0.3 is 170 Å². The van der Waals surface area contributed by atoms with Crippen molar-refractivity contribution in [3.05, 3.63) is 12.2 Å². The summed E-state index contributed by atoms with van der Waals surface area (Å²) in [6, 6.07) is -4.81. The van der Waals surface area contributed by atoms with Crippen LogP contribution in [0.5, 0.6) is 0 Å². The van der Waals surface area contributed by atoms with E-state index in [0.29, 0.717) is 12.8 Å². The number of ether oxygens (including phenoxy) is 12. The molecule has 0 radical (unpaired) electrons. The van der Waals surface area contributed by atoms with E-state index >= 15 is 0 Å². The first-order chi connectivity index (χ1) is 56.0. The molecule has 0 aliphatic carbocycles. The van der Waals surface area contributed by atoms with Gasteiger partial charge in [0.25, 0.3) is 5.79 Å². The van der Waals surface area contributed by atoms with Gasteiger partial charge in [-0.1, -0.05) is 180 Å². The van der Waals surface area contributed by atoms with E-state index in [0.717, 1.165) is 65.2 Å². The third-order valence-corrected chi connectivity index (χ3v) is 22.7. The van der Waals surface area contributed by atoms with E-state index in [4.69, 9.17) is 56.8 Å². The number of nitrogens with one attached hydrogen (secondary N) is 3. The molecule has 3 amide bonds.